The second-order valence-electron chi connectivity index (χ2n) is 7.00. The van der Waals surface area contributed by atoms with Crippen molar-refractivity contribution in [3.63, 3.8) is 0 Å². The Morgan fingerprint density at radius 1 is 1.22 bits per heavy atom. The summed E-state index contributed by atoms with van der Waals surface area (Å²) in [7, 11) is 1.66. The molecule has 2 atom stereocenters. The Bertz CT molecular complexity index is 831. The third kappa shape index (κ3) is 2.90. The van der Waals surface area contributed by atoms with Crippen molar-refractivity contribution in [3.05, 3.63) is 41.7 Å². The van der Waals surface area contributed by atoms with Gasteiger partial charge >= 0.3 is 6.03 Å². The normalized spacial score (nSPS) is 23.7. The number of aryl methyl sites for hydroxylation is 1. The number of hydrogen-bond acceptors (Lipinski definition) is 6. The van der Waals surface area contributed by atoms with Gasteiger partial charge in [-0.2, -0.15) is 0 Å². The predicted octanol–water partition coefficient (Wildman–Crippen LogP) is 1.39. The van der Waals surface area contributed by atoms with Crippen molar-refractivity contribution in [2.45, 2.75) is 32.5 Å². The number of rotatable bonds is 5. The molecule has 4 rings (SSSR count). The zero-order valence-electron chi connectivity index (χ0n) is 15.8. The van der Waals surface area contributed by atoms with Crippen LogP contribution >= 0.6 is 0 Å². The molecular formula is C19H24N6O2. The van der Waals surface area contributed by atoms with Crippen LogP contribution in [-0.2, 0) is 11.2 Å². The molecule has 3 aliphatic rings. The number of imide groups is 1. The van der Waals surface area contributed by atoms with Gasteiger partial charge in [-0.05, 0) is 31.0 Å². The van der Waals surface area contributed by atoms with Gasteiger partial charge in [-0.15, -0.1) is 0 Å². The van der Waals surface area contributed by atoms with Crippen LogP contribution in [0.15, 0.2) is 41.2 Å². The molecule has 2 N–H and O–H groups in total. The van der Waals surface area contributed by atoms with E-state index >= 15 is 0 Å². The first-order chi connectivity index (χ1) is 13.0. The van der Waals surface area contributed by atoms with E-state index in [4.69, 9.17) is 0 Å². The number of benzene rings is 1. The number of anilines is 1. The van der Waals surface area contributed by atoms with Crippen LogP contribution in [0.4, 0.5) is 10.5 Å². The lowest BCUT2D eigenvalue weighted by Crippen LogP contribution is -2.62. The highest BCUT2D eigenvalue weighted by Gasteiger charge is 2.51. The molecule has 1 aromatic carbocycles. The average Bonchev–Trinajstić information content (AvgIpc) is 3.16. The molecular weight excluding hydrogens is 344 g/mol. The van der Waals surface area contributed by atoms with Gasteiger partial charge in [0.1, 0.15) is 0 Å². The van der Waals surface area contributed by atoms with Gasteiger partial charge in [-0.1, -0.05) is 19.1 Å². The van der Waals surface area contributed by atoms with E-state index in [1.807, 2.05) is 18.0 Å². The number of amides is 3. The van der Waals surface area contributed by atoms with E-state index in [0.717, 1.165) is 30.3 Å². The molecule has 0 aromatic heterocycles. The number of fused-ring (bicyclic) bond motifs is 3. The number of nitrogens with zero attached hydrogens (tertiary/aromatic N) is 4. The van der Waals surface area contributed by atoms with Crippen molar-refractivity contribution in [1.29, 1.82) is 0 Å². The van der Waals surface area contributed by atoms with Gasteiger partial charge in [-0.3, -0.25) is 10.1 Å². The van der Waals surface area contributed by atoms with Gasteiger partial charge in [0.2, 0.25) is 5.96 Å². The van der Waals surface area contributed by atoms with Crippen molar-refractivity contribution >= 4 is 23.6 Å². The quantitative estimate of drug-likeness (QED) is 0.821. The number of allylic oxidation sites excluding steroid dienone is 1. The van der Waals surface area contributed by atoms with Crippen molar-refractivity contribution in [1.82, 2.24) is 20.0 Å². The molecule has 1 saturated heterocycles. The van der Waals surface area contributed by atoms with E-state index in [2.05, 4.69) is 51.7 Å². The molecule has 8 nitrogen and oxygen atoms in total. The monoisotopic (exact) mass is 368 g/mol. The molecule has 2 unspecified atom stereocenters. The molecule has 8 heteroatoms. The molecule has 142 valence electrons. The Hall–Kier alpha value is -3.03. The van der Waals surface area contributed by atoms with E-state index in [1.54, 1.807) is 7.05 Å². The largest absolute Gasteiger partial charge is 0.383 e. The maximum absolute atomic E-state index is 12.3. The summed E-state index contributed by atoms with van der Waals surface area (Å²) in [6, 6.07) is 7.52. The summed E-state index contributed by atoms with van der Waals surface area (Å²) >= 11 is 0. The van der Waals surface area contributed by atoms with E-state index < -0.39 is 18.2 Å². The van der Waals surface area contributed by atoms with Gasteiger partial charge in [0.25, 0.3) is 5.91 Å². The average molecular weight is 368 g/mol. The summed E-state index contributed by atoms with van der Waals surface area (Å²) in [6.07, 6.45) is 2.48. The van der Waals surface area contributed by atoms with Crippen LogP contribution in [-0.4, -0.2) is 64.9 Å². The number of nitrogens with one attached hydrogen (secondary N) is 2. The lowest BCUT2D eigenvalue weighted by molar-refractivity contribution is -0.126. The van der Waals surface area contributed by atoms with Crippen molar-refractivity contribution in [3.8, 4) is 0 Å². The molecule has 0 radical (unpaired) electrons. The number of urea groups is 1. The zero-order chi connectivity index (χ0) is 19.1. The molecule has 27 heavy (non-hydrogen) atoms. The van der Waals surface area contributed by atoms with Crippen molar-refractivity contribution in [2.75, 3.05) is 25.5 Å². The fourth-order valence-corrected chi connectivity index (χ4v) is 3.69. The summed E-state index contributed by atoms with van der Waals surface area (Å²) in [6.45, 7) is 5.59. The minimum Gasteiger partial charge on any atom is -0.383 e. The number of likely N-dealkylation sites (N-methyl/N-ethyl adjacent to an activating group) is 1. The number of guanidine groups is 1. The Morgan fingerprint density at radius 3 is 2.67 bits per heavy atom. The van der Waals surface area contributed by atoms with Crippen LogP contribution in [0.25, 0.3) is 0 Å². The highest BCUT2D eigenvalue weighted by Crippen LogP contribution is 2.31. The minimum absolute atomic E-state index is 0.304. The Kier molecular flexibility index (Phi) is 4.25. The summed E-state index contributed by atoms with van der Waals surface area (Å²) < 4.78 is 0. The predicted molar refractivity (Wildman–Crippen MR) is 103 cm³/mol. The third-order valence-electron chi connectivity index (χ3n) is 5.30. The highest BCUT2D eigenvalue weighted by molar-refractivity contribution is 6.04. The summed E-state index contributed by atoms with van der Waals surface area (Å²) in [4.78, 5) is 34.3. The molecule has 3 heterocycles. The molecule has 0 bridgehead atoms. The van der Waals surface area contributed by atoms with Crippen molar-refractivity contribution < 1.29 is 9.59 Å². The number of aliphatic imine (C=N–C) groups is 1. The number of carbonyl (C=O) groups excluding carboxylic acids is 2. The van der Waals surface area contributed by atoms with Gasteiger partial charge < -0.3 is 20.0 Å². The first kappa shape index (κ1) is 17.4. The van der Waals surface area contributed by atoms with E-state index in [9.17, 15) is 9.59 Å². The van der Waals surface area contributed by atoms with E-state index in [-0.39, 0.29) is 5.91 Å². The second kappa shape index (κ2) is 6.61. The lowest BCUT2D eigenvalue weighted by atomic mass is 10.1. The molecule has 0 aliphatic carbocycles. The van der Waals surface area contributed by atoms with Crippen LogP contribution in [0, 0.1) is 0 Å². The van der Waals surface area contributed by atoms with Crippen molar-refractivity contribution in [2.24, 2.45) is 4.99 Å². The highest BCUT2D eigenvalue weighted by atomic mass is 16.2. The molecule has 1 fully saturated rings. The summed E-state index contributed by atoms with van der Waals surface area (Å²) in [5, 5.41) is 5.81. The zero-order valence-corrected chi connectivity index (χ0v) is 15.8. The third-order valence-corrected chi connectivity index (χ3v) is 5.30. The Labute approximate surface area is 158 Å². The summed E-state index contributed by atoms with van der Waals surface area (Å²) in [5.74, 6) is 0.421. The first-order valence-electron chi connectivity index (χ1n) is 9.22. The van der Waals surface area contributed by atoms with E-state index in [1.165, 1.54) is 10.5 Å². The van der Waals surface area contributed by atoms with Crippen LogP contribution in [0.5, 0.6) is 0 Å². The maximum atomic E-state index is 12.3. The first-order valence-corrected chi connectivity index (χ1v) is 9.22. The van der Waals surface area contributed by atoms with Gasteiger partial charge in [0.15, 0.2) is 12.2 Å². The standard InChI is InChI=1S/C19H24N6O2/c1-4-13-5-7-14(8-6-13)20-9-10-24-12(2)11-25-15-16(21-18(24)25)23(3)19(27)22-17(15)26/h5-8,11,15-16,20H,4,9-10H2,1-3H3,(H,22,26,27). The van der Waals surface area contributed by atoms with Crippen LogP contribution in [0.3, 0.4) is 0 Å². The van der Waals surface area contributed by atoms with Gasteiger partial charge in [0, 0.05) is 37.7 Å². The van der Waals surface area contributed by atoms with Gasteiger partial charge in [0.05, 0.1) is 0 Å². The Morgan fingerprint density at radius 2 is 1.96 bits per heavy atom. The number of carbonyl (C=O) groups is 2. The molecule has 0 saturated carbocycles. The maximum Gasteiger partial charge on any atom is 0.325 e. The number of hydrogen-bond donors (Lipinski definition) is 2. The molecule has 3 amide bonds. The topological polar surface area (TPSA) is 80.3 Å². The molecule has 1 aromatic rings. The molecule has 3 aliphatic heterocycles. The summed E-state index contributed by atoms with van der Waals surface area (Å²) in [5.41, 5.74) is 3.42. The smallest absolute Gasteiger partial charge is 0.325 e. The fraction of sp³-hybridized carbons (Fsp3) is 0.421. The van der Waals surface area contributed by atoms with E-state index in [0.29, 0.717) is 6.54 Å². The molecule has 0 spiro atoms. The Balaban J connectivity index is 1.44. The fourth-order valence-electron chi connectivity index (χ4n) is 3.69. The van der Waals surface area contributed by atoms with Crippen LogP contribution < -0.4 is 10.6 Å². The second-order valence-corrected chi connectivity index (χ2v) is 7.00. The van der Waals surface area contributed by atoms with Crippen LogP contribution in [0.1, 0.15) is 19.4 Å². The van der Waals surface area contributed by atoms with Crippen LogP contribution in [0.2, 0.25) is 0 Å². The van der Waals surface area contributed by atoms with Gasteiger partial charge in [-0.25, -0.2) is 9.79 Å². The lowest BCUT2D eigenvalue weighted by Gasteiger charge is -2.34. The SMILES string of the molecule is CCc1ccc(NCCN2C(C)=CN3C2=NC2C3C(=O)NC(=O)N2C)cc1. The minimum atomic E-state index is -0.503.